The number of methoxy groups -OCH3 is 1. The highest BCUT2D eigenvalue weighted by molar-refractivity contribution is 5.40. The molecule has 4 nitrogen and oxygen atoms in total. The summed E-state index contributed by atoms with van der Waals surface area (Å²) in [6, 6.07) is 4.21. The van der Waals surface area contributed by atoms with E-state index in [9.17, 15) is 4.39 Å². The number of nitrogens with zero attached hydrogens (tertiary/aromatic N) is 2. The second kappa shape index (κ2) is 6.24. The standard InChI is InChI=1S/C14H16FN3O/c1-3-17-14(12-9-16-6-7-18-12)11-8-10(15)4-5-13(11)19-2/h4-9,14,17H,3H2,1-2H3. The number of aromatic nitrogens is 2. The summed E-state index contributed by atoms with van der Waals surface area (Å²) in [6.07, 6.45) is 4.89. The van der Waals surface area contributed by atoms with Crippen molar-refractivity contribution in [2.24, 2.45) is 0 Å². The zero-order valence-electron chi connectivity index (χ0n) is 10.9. The van der Waals surface area contributed by atoms with Crippen LogP contribution in [0.15, 0.2) is 36.8 Å². The van der Waals surface area contributed by atoms with Gasteiger partial charge in [-0.2, -0.15) is 0 Å². The molecule has 19 heavy (non-hydrogen) atoms. The molecule has 0 saturated carbocycles. The van der Waals surface area contributed by atoms with Gasteiger partial charge in [-0.25, -0.2) is 4.39 Å². The average molecular weight is 261 g/mol. The maximum Gasteiger partial charge on any atom is 0.124 e. The second-order valence-corrected chi connectivity index (χ2v) is 4.01. The number of nitrogens with one attached hydrogen (secondary N) is 1. The van der Waals surface area contributed by atoms with Crippen molar-refractivity contribution in [3.8, 4) is 5.75 Å². The second-order valence-electron chi connectivity index (χ2n) is 4.01. The normalized spacial score (nSPS) is 12.2. The minimum absolute atomic E-state index is 0.246. The predicted molar refractivity (Wildman–Crippen MR) is 70.5 cm³/mol. The first kappa shape index (κ1) is 13.4. The first-order valence-corrected chi connectivity index (χ1v) is 6.09. The minimum atomic E-state index is -0.303. The van der Waals surface area contributed by atoms with E-state index in [1.54, 1.807) is 31.8 Å². The fraction of sp³-hybridized carbons (Fsp3) is 0.286. The summed E-state index contributed by atoms with van der Waals surface area (Å²) in [5, 5.41) is 3.27. The molecule has 0 saturated heterocycles. The van der Waals surface area contributed by atoms with E-state index in [-0.39, 0.29) is 11.9 Å². The maximum atomic E-state index is 13.5. The third-order valence-electron chi connectivity index (χ3n) is 2.79. The smallest absolute Gasteiger partial charge is 0.124 e. The van der Waals surface area contributed by atoms with Gasteiger partial charge in [0, 0.05) is 18.0 Å². The van der Waals surface area contributed by atoms with Crippen LogP contribution in [-0.2, 0) is 0 Å². The highest BCUT2D eigenvalue weighted by Crippen LogP contribution is 2.29. The Balaban J connectivity index is 2.47. The zero-order chi connectivity index (χ0) is 13.7. The van der Waals surface area contributed by atoms with Gasteiger partial charge in [-0.3, -0.25) is 9.97 Å². The van der Waals surface area contributed by atoms with E-state index < -0.39 is 0 Å². The van der Waals surface area contributed by atoms with Crippen molar-refractivity contribution >= 4 is 0 Å². The van der Waals surface area contributed by atoms with Crippen LogP contribution in [0, 0.1) is 5.82 Å². The predicted octanol–water partition coefficient (Wildman–Crippen LogP) is 2.32. The van der Waals surface area contributed by atoms with E-state index in [0.717, 1.165) is 12.2 Å². The van der Waals surface area contributed by atoms with E-state index >= 15 is 0 Å². The van der Waals surface area contributed by atoms with Crippen molar-refractivity contribution in [2.75, 3.05) is 13.7 Å². The van der Waals surface area contributed by atoms with Gasteiger partial charge in [-0.15, -0.1) is 0 Å². The van der Waals surface area contributed by atoms with Gasteiger partial charge >= 0.3 is 0 Å². The summed E-state index contributed by atoms with van der Waals surface area (Å²) in [5.41, 5.74) is 1.44. The summed E-state index contributed by atoms with van der Waals surface area (Å²) in [5.74, 6) is 0.320. The number of ether oxygens (including phenoxy) is 1. The largest absolute Gasteiger partial charge is 0.496 e. The lowest BCUT2D eigenvalue weighted by atomic mass is 10.0. The van der Waals surface area contributed by atoms with Crippen LogP contribution in [0.5, 0.6) is 5.75 Å². The van der Waals surface area contributed by atoms with E-state index in [0.29, 0.717) is 11.3 Å². The molecule has 2 rings (SSSR count). The molecule has 100 valence electrons. The molecule has 1 unspecified atom stereocenters. The fourth-order valence-electron chi connectivity index (χ4n) is 1.97. The molecule has 0 radical (unpaired) electrons. The van der Waals surface area contributed by atoms with Gasteiger partial charge in [0.05, 0.1) is 25.0 Å². The summed E-state index contributed by atoms with van der Waals surface area (Å²) < 4.78 is 18.8. The Hall–Kier alpha value is -2.01. The molecule has 0 amide bonds. The van der Waals surface area contributed by atoms with Gasteiger partial charge in [0.1, 0.15) is 11.6 Å². The average Bonchev–Trinajstić information content (AvgIpc) is 2.45. The van der Waals surface area contributed by atoms with Gasteiger partial charge in [-0.1, -0.05) is 6.92 Å². The van der Waals surface area contributed by atoms with Crippen LogP contribution in [0.1, 0.15) is 24.2 Å². The van der Waals surface area contributed by atoms with Crippen molar-refractivity contribution in [1.29, 1.82) is 0 Å². The molecule has 0 spiro atoms. The molecule has 0 aliphatic rings. The Morgan fingerprint density at radius 3 is 2.84 bits per heavy atom. The molecule has 1 heterocycles. The SMILES string of the molecule is CCNC(c1cnccn1)c1cc(F)ccc1OC. The van der Waals surface area contributed by atoms with Crippen molar-refractivity contribution in [1.82, 2.24) is 15.3 Å². The lowest BCUT2D eigenvalue weighted by molar-refractivity contribution is 0.402. The minimum Gasteiger partial charge on any atom is -0.496 e. The monoisotopic (exact) mass is 261 g/mol. The quantitative estimate of drug-likeness (QED) is 0.897. The lowest BCUT2D eigenvalue weighted by Gasteiger charge is -2.20. The first-order valence-electron chi connectivity index (χ1n) is 6.09. The first-order chi connectivity index (χ1) is 9.26. The summed E-state index contributed by atoms with van der Waals surface area (Å²) in [4.78, 5) is 8.33. The van der Waals surface area contributed by atoms with Gasteiger partial charge in [0.25, 0.3) is 0 Å². The van der Waals surface area contributed by atoms with Gasteiger partial charge in [-0.05, 0) is 24.7 Å². The summed E-state index contributed by atoms with van der Waals surface area (Å²) >= 11 is 0. The van der Waals surface area contributed by atoms with E-state index in [1.165, 1.54) is 12.1 Å². The number of benzene rings is 1. The van der Waals surface area contributed by atoms with Crippen LogP contribution in [0.25, 0.3) is 0 Å². The fourth-order valence-corrected chi connectivity index (χ4v) is 1.97. The van der Waals surface area contributed by atoms with Crippen LogP contribution in [0.4, 0.5) is 4.39 Å². The third-order valence-corrected chi connectivity index (χ3v) is 2.79. The van der Waals surface area contributed by atoms with Crippen LogP contribution in [0.2, 0.25) is 0 Å². The van der Waals surface area contributed by atoms with Crippen LogP contribution in [-0.4, -0.2) is 23.6 Å². The van der Waals surface area contributed by atoms with Crippen molar-refractivity contribution in [3.05, 3.63) is 53.9 Å². The van der Waals surface area contributed by atoms with Crippen molar-refractivity contribution in [2.45, 2.75) is 13.0 Å². The molecule has 1 aromatic heterocycles. The molecule has 1 atom stereocenters. The topological polar surface area (TPSA) is 47.0 Å². The number of hydrogen-bond acceptors (Lipinski definition) is 4. The Morgan fingerprint density at radius 2 is 2.21 bits per heavy atom. The van der Waals surface area contributed by atoms with Crippen molar-refractivity contribution < 1.29 is 9.13 Å². The van der Waals surface area contributed by atoms with Crippen LogP contribution < -0.4 is 10.1 Å². The van der Waals surface area contributed by atoms with E-state index in [1.807, 2.05) is 6.92 Å². The Morgan fingerprint density at radius 1 is 1.37 bits per heavy atom. The molecular weight excluding hydrogens is 245 g/mol. The van der Waals surface area contributed by atoms with Gasteiger partial charge in [0.15, 0.2) is 0 Å². The van der Waals surface area contributed by atoms with Crippen LogP contribution in [0.3, 0.4) is 0 Å². The van der Waals surface area contributed by atoms with Crippen molar-refractivity contribution in [3.63, 3.8) is 0 Å². The highest BCUT2D eigenvalue weighted by Gasteiger charge is 2.19. The molecule has 0 aliphatic heterocycles. The zero-order valence-corrected chi connectivity index (χ0v) is 10.9. The number of hydrogen-bond donors (Lipinski definition) is 1. The lowest BCUT2D eigenvalue weighted by Crippen LogP contribution is -2.23. The molecule has 2 aromatic rings. The highest BCUT2D eigenvalue weighted by atomic mass is 19.1. The van der Waals surface area contributed by atoms with Gasteiger partial charge < -0.3 is 10.1 Å². The molecule has 0 aliphatic carbocycles. The molecule has 0 bridgehead atoms. The molecule has 0 fully saturated rings. The van der Waals surface area contributed by atoms with Crippen LogP contribution >= 0.6 is 0 Å². The molecule has 1 aromatic carbocycles. The van der Waals surface area contributed by atoms with E-state index in [4.69, 9.17) is 4.74 Å². The number of halogens is 1. The maximum absolute atomic E-state index is 13.5. The molecule has 1 N–H and O–H groups in total. The Kier molecular flexibility index (Phi) is 4.41. The summed E-state index contributed by atoms with van der Waals surface area (Å²) in [6.45, 7) is 2.70. The molecule has 5 heteroatoms. The number of rotatable bonds is 5. The Labute approximate surface area is 111 Å². The summed E-state index contributed by atoms with van der Waals surface area (Å²) in [7, 11) is 1.57. The Bertz CT molecular complexity index is 533. The third kappa shape index (κ3) is 3.06. The van der Waals surface area contributed by atoms with Gasteiger partial charge in [0.2, 0.25) is 0 Å². The van der Waals surface area contributed by atoms with E-state index in [2.05, 4.69) is 15.3 Å². The molecular formula is C14H16FN3O.